The predicted octanol–water partition coefficient (Wildman–Crippen LogP) is 3.89. The largest absolute Gasteiger partial charge is 0.345 e. The van der Waals surface area contributed by atoms with Crippen molar-refractivity contribution in [3.05, 3.63) is 64.2 Å². The number of benzene rings is 2. The van der Waals surface area contributed by atoms with Crippen molar-refractivity contribution in [1.82, 2.24) is 5.32 Å². The van der Waals surface area contributed by atoms with Crippen LogP contribution in [0.25, 0.3) is 0 Å². The van der Waals surface area contributed by atoms with Crippen molar-refractivity contribution < 1.29 is 13.2 Å². The van der Waals surface area contributed by atoms with Gasteiger partial charge < -0.3 is 5.32 Å². The molecule has 0 heterocycles. The van der Waals surface area contributed by atoms with Crippen molar-refractivity contribution in [2.75, 3.05) is 17.6 Å². The lowest BCUT2D eigenvalue weighted by molar-refractivity contribution is 0.0935. The van der Waals surface area contributed by atoms with Crippen molar-refractivity contribution in [3.8, 4) is 0 Å². The maximum absolute atomic E-state index is 12.7. The summed E-state index contributed by atoms with van der Waals surface area (Å²) < 4.78 is 24.7. The number of carbonyl (C=O) groups is 1. The van der Waals surface area contributed by atoms with E-state index >= 15 is 0 Å². The van der Waals surface area contributed by atoms with E-state index in [0.29, 0.717) is 11.3 Å². The van der Waals surface area contributed by atoms with Crippen LogP contribution in [-0.4, -0.2) is 27.6 Å². The van der Waals surface area contributed by atoms with Crippen LogP contribution in [0.15, 0.2) is 36.4 Å². The second-order valence-electron chi connectivity index (χ2n) is 7.01. The molecule has 0 saturated heterocycles. The molecule has 0 bridgehead atoms. The zero-order valence-corrected chi connectivity index (χ0v) is 17.6. The minimum absolute atomic E-state index is 0.0736. The van der Waals surface area contributed by atoms with E-state index in [1.54, 1.807) is 25.1 Å². The van der Waals surface area contributed by atoms with Gasteiger partial charge in [0.25, 0.3) is 5.91 Å². The first-order valence-corrected chi connectivity index (χ1v) is 10.8. The van der Waals surface area contributed by atoms with Gasteiger partial charge in [-0.3, -0.25) is 9.10 Å². The fraction of sp³-hybridized carbons (Fsp3) is 0.381. The van der Waals surface area contributed by atoms with E-state index in [4.69, 9.17) is 0 Å². The van der Waals surface area contributed by atoms with Gasteiger partial charge in [0.1, 0.15) is 0 Å². The number of nitrogens with one attached hydrogen (secondary N) is 1. The maximum Gasteiger partial charge on any atom is 0.251 e. The zero-order chi connectivity index (χ0) is 20.4. The summed E-state index contributed by atoms with van der Waals surface area (Å²) >= 11 is 0. The number of hydrogen-bond acceptors (Lipinski definition) is 3. The van der Waals surface area contributed by atoms with Crippen LogP contribution < -0.4 is 9.62 Å². The lowest BCUT2D eigenvalue weighted by atomic mass is 9.99. The minimum atomic E-state index is -3.35. The Bertz CT molecular complexity index is 952. The van der Waals surface area contributed by atoms with Gasteiger partial charge in [0, 0.05) is 12.6 Å². The van der Waals surface area contributed by atoms with E-state index in [2.05, 4.69) is 31.3 Å². The van der Waals surface area contributed by atoms with Gasteiger partial charge in [0.05, 0.1) is 18.0 Å². The lowest BCUT2D eigenvalue weighted by Crippen LogP contribution is -2.29. The van der Waals surface area contributed by atoms with E-state index < -0.39 is 10.0 Å². The number of anilines is 1. The van der Waals surface area contributed by atoms with Crippen LogP contribution in [-0.2, 0) is 10.0 Å². The van der Waals surface area contributed by atoms with Gasteiger partial charge in [-0.1, -0.05) is 25.1 Å². The van der Waals surface area contributed by atoms with Gasteiger partial charge in [-0.2, -0.15) is 0 Å². The molecule has 5 nitrogen and oxygen atoms in total. The Morgan fingerprint density at radius 3 is 2.22 bits per heavy atom. The number of rotatable bonds is 6. The van der Waals surface area contributed by atoms with E-state index in [9.17, 15) is 13.2 Å². The molecule has 27 heavy (non-hydrogen) atoms. The second kappa shape index (κ2) is 8.13. The number of nitrogens with zero attached hydrogens (tertiary/aromatic N) is 1. The van der Waals surface area contributed by atoms with Crippen LogP contribution in [0.5, 0.6) is 0 Å². The molecule has 0 aliphatic heterocycles. The summed E-state index contributed by atoms with van der Waals surface area (Å²) in [7, 11) is -1.84. The molecule has 0 aromatic heterocycles. The molecule has 0 unspecified atom stereocenters. The molecule has 1 N–H and O–H groups in total. The number of aryl methyl sites for hydroxylation is 3. The average molecular weight is 389 g/mol. The summed E-state index contributed by atoms with van der Waals surface area (Å²) in [6.07, 6.45) is 1.94. The van der Waals surface area contributed by atoms with E-state index in [0.717, 1.165) is 23.8 Å². The molecule has 0 aliphatic carbocycles. The summed E-state index contributed by atoms with van der Waals surface area (Å²) in [4.78, 5) is 12.7. The zero-order valence-electron chi connectivity index (χ0n) is 16.8. The molecular formula is C21H28N2O3S. The fourth-order valence-electron chi connectivity index (χ4n) is 2.97. The highest BCUT2D eigenvalue weighted by Crippen LogP contribution is 2.24. The molecular weight excluding hydrogens is 360 g/mol. The molecule has 0 saturated carbocycles. The first-order chi connectivity index (χ1) is 12.5. The SMILES string of the molecule is CC[C@H](NC(=O)c1ccc(N(C)S(C)(=O)=O)c(C)c1)c1ccc(C)c(C)c1. The third-order valence-corrected chi connectivity index (χ3v) is 6.13. The molecule has 6 heteroatoms. The molecule has 0 spiro atoms. The van der Waals surface area contributed by atoms with E-state index in [1.165, 1.54) is 22.5 Å². The molecule has 146 valence electrons. The van der Waals surface area contributed by atoms with Gasteiger partial charge in [-0.25, -0.2) is 8.42 Å². The molecule has 0 radical (unpaired) electrons. The number of amides is 1. The number of sulfonamides is 1. The Kier molecular flexibility index (Phi) is 6.31. The van der Waals surface area contributed by atoms with Crippen molar-refractivity contribution in [2.24, 2.45) is 0 Å². The van der Waals surface area contributed by atoms with Crippen molar-refractivity contribution in [2.45, 2.75) is 40.2 Å². The molecule has 2 aromatic rings. The standard InChI is InChI=1S/C21H28N2O3S/c1-7-19(17-9-8-14(2)15(3)12-17)22-21(24)18-10-11-20(16(4)13-18)23(5)27(6,25)26/h8-13,19H,7H2,1-6H3,(H,22,24)/t19-/m0/s1. The van der Waals surface area contributed by atoms with Crippen LogP contribution >= 0.6 is 0 Å². The first kappa shape index (κ1) is 21.0. The van der Waals surface area contributed by atoms with Crippen molar-refractivity contribution in [3.63, 3.8) is 0 Å². The Morgan fingerprint density at radius 1 is 1.04 bits per heavy atom. The topological polar surface area (TPSA) is 66.5 Å². The first-order valence-electron chi connectivity index (χ1n) is 8.97. The maximum atomic E-state index is 12.7. The summed E-state index contributed by atoms with van der Waals surface area (Å²) in [6, 6.07) is 11.2. The van der Waals surface area contributed by atoms with Gasteiger partial charge in [0.15, 0.2) is 0 Å². The molecule has 2 rings (SSSR count). The van der Waals surface area contributed by atoms with Crippen molar-refractivity contribution >= 4 is 21.6 Å². The highest BCUT2D eigenvalue weighted by molar-refractivity contribution is 7.92. The Labute approximate surface area is 162 Å². The summed E-state index contributed by atoms with van der Waals surface area (Å²) in [6.45, 7) is 7.97. The third kappa shape index (κ3) is 4.89. The predicted molar refractivity (Wildman–Crippen MR) is 111 cm³/mol. The number of carbonyl (C=O) groups excluding carboxylic acids is 1. The lowest BCUT2D eigenvalue weighted by Gasteiger charge is -2.21. The van der Waals surface area contributed by atoms with Gasteiger partial charge >= 0.3 is 0 Å². The Balaban J connectivity index is 2.24. The van der Waals surface area contributed by atoms with Crippen LogP contribution in [0.2, 0.25) is 0 Å². The summed E-state index contributed by atoms with van der Waals surface area (Å²) in [5.41, 5.74) is 5.31. The molecule has 1 amide bonds. The van der Waals surface area contributed by atoms with E-state index in [-0.39, 0.29) is 11.9 Å². The monoisotopic (exact) mass is 388 g/mol. The summed E-state index contributed by atoms with van der Waals surface area (Å²) in [5, 5.41) is 3.08. The second-order valence-corrected chi connectivity index (χ2v) is 9.02. The van der Waals surface area contributed by atoms with Crippen LogP contribution in [0.3, 0.4) is 0 Å². The third-order valence-electron chi connectivity index (χ3n) is 4.94. The minimum Gasteiger partial charge on any atom is -0.345 e. The Morgan fingerprint density at radius 2 is 1.70 bits per heavy atom. The molecule has 0 aliphatic rings. The quantitative estimate of drug-likeness (QED) is 0.816. The molecule has 2 aromatic carbocycles. The smallest absolute Gasteiger partial charge is 0.251 e. The van der Waals surface area contributed by atoms with Crippen molar-refractivity contribution in [1.29, 1.82) is 0 Å². The van der Waals surface area contributed by atoms with Crippen LogP contribution in [0.4, 0.5) is 5.69 Å². The molecule has 0 fully saturated rings. The Hall–Kier alpha value is -2.34. The highest BCUT2D eigenvalue weighted by Gasteiger charge is 2.18. The van der Waals surface area contributed by atoms with Gasteiger partial charge in [0.2, 0.25) is 10.0 Å². The average Bonchev–Trinajstić information content (AvgIpc) is 2.60. The highest BCUT2D eigenvalue weighted by atomic mass is 32.2. The van der Waals surface area contributed by atoms with Gasteiger partial charge in [-0.05, 0) is 67.6 Å². The van der Waals surface area contributed by atoms with E-state index in [1.807, 2.05) is 13.0 Å². The van der Waals surface area contributed by atoms with Crippen LogP contribution in [0.1, 0.15) is 52.0 Å². The number of hydrogen-bond donors (Lipinski definition) is 1. The van der Waals surface area contributed by atoms with Gasteiger partial charge in [-0.15, -0.1) is 0 Å². The normalized spacial score (nSPS) is 12.5. The molecule has 1 atom stereocenters. The fourth-order valence-corrected chi connectivity index (χ4v) is 3.53. The van der Waals surface area contributed by atoms with Crippen LogP contribution in [0, 0.1) is 20.8 Å². The summed E-state index contributed by atoms with van der Waals surface area (Å²) in [5.74, 6) is -0.170.